The highest BCUT2D eigenvalue weighted by molar-refractivity contribution is 5.95. The van der Waals surface area contributed by atoms with Crippen LogP contribution in [0.15, 0.2) is 48.5 Å². The van der Waals surface area contributed by atoms with Crippen LogP contribution in [-0.4, -0.2) is 31.6 Å². The number of amides is 1. The van der Waals surface area contributed by atoms with E-state index in [1.165, 1.54) is 12.5 Å². The summed E-state index contributed by atoms with van der Waals surface area (Å²) in [4.78, 5) is 26.2. The van der Waals surface area contributed by atoms with Gasteiger partial charge in [-0.1, -0.05) is 6.07 Å². The Hall–Kier alpha value is -3.03. The minimum Gasteiger partial charge on any atom is -0.452 e. The number of piperidine rings is 1. The summed E-state index contributed by atoms with van der Waals surface area (Å²) in [6, 6.07) is 11.2. The zero-order valence-corrected chi connectivity index (χ0v) is 15.7. The summed E-state index contributed by atoms with van der Waals surface area (Å²) in [7, 11) is 0. The molecular weight excluding hydrogens is 385 g/mol. The van der Waals surface area contributed by atoms with Crippen LogP contribution in [0.4, 0.5) is 24.5 Å². The fraction of sp³-hybridized carbons (Fsp3) is 0.333. The lowest BCUT2D eigenvalue weighted by Crippen LogP contribution is -2.29. The van der Waals surface area contributed by atoms with Crippen molar-refractivity contribution in [2.24, 2.45) is 0 Å². The summed E-state index contributed by atoms with van der Waals surface area (Å²) >= 11 is 0. The number of carbonyl (C=O) groups excluding carboxylic acids is 2. The molecule has 1 aliphatic heterocycles. The number of halogens is 3. The standard InChI is InChI=1S/C21H21F3N2O3/c22-21(23,24)16-6-4-5-15(13-16)20(28)29-14-19(27)25-17-7-9-18(10-8-17)26-11-2-1-3-12-26/h4-10,13H,1-3,11-12,14H2,(H,25,27). The van der Waals surface area contributed by atoms with Gasteiger partial charge in [-0.3, -0.25) is 4.79 Å². The number of hydrogen-bond acceptors (Lipinski definition) is 4. The minimum atomic E-state index is -4.56. The molecule has 2 aromatic rings. The fourth-order valence-electron chi connectivity index (χ4n) is 3.14. The van der Waals surface area contributed by atoms with Gasteiger partial charge in [-0.2, -0.15) is 13.2 Å². The second-order valence-corrected chi connectivity index (χ2v) is 6.80. The number of nitrogens with zero attached hydrogens (tertiary/aromatic N) is 1. The van der Waals surface area contributed by atoms with Crippen molar-refractivity contribution in [1.82, 2.24) is 0 Å². The summed E-state index contributed by atoms with van der Waals surface area (Å²) in [6.45, 7) is 1.43. The Balaban J connectivity index is 1.51. The van der Waals surface area contributed by atoms with Gasteiger partial charge in [-0.15, -0.1) is 0 Å². The van der Waals surface area contributed by atoms with Gasteiger partial charge >= 0.3 is 12.1 Å². The van der Waals surface area contributed by atoms with Crippen LogP contribution in [0, 0.1) is 0 Å². The Morgan fingerprint density at radius 3 is 2.34 bits per heavy atom. The lowest BCUT2D eigenvalue weighted by Gasteiger charge is -2.28. The predicted octanol–water partition coefficient (Wildman–Crippen LogP) is 4.49. The number of anilines is 2. The Kier molecular flexibility index (Phi) is 6.41. The third kappa shape index (κ3) is 5.73. The summed E-state index contributed by atoms with van der Waals surface area (Å²) in [5.41, 5.74) is 0.410. The summed E-state index contributed by atoms with van der Waals surface area (Å²) in [5.74, 6) is -1.57. The molecule has 0 aromatic heterocycles. The van der Waals surface area contributed by atoms with E-state index in [0.29, 0.717) is 11.8 Å². The number of rotatable bonds is 5. The van der Waals surface area contributed by atoms with Crippen LogP contribution in [0.2, 0.25) is 0 Å². The van der Waals surface area contributed by atoms with E-state index in [9.17, 15) is 22.8 Å². The van der Waals surface area contributed by atoms with E-state index in [1.807, 2.05) is 12.1 Å². The van der Waals surface area contributed by atoms with E-state index in [4.69, 9.17) is 4.74 Å². The van der Waals surface area contributed by atoms with Gasteiger partial charge < -0.3 is 15.0 Å². The molecule has 29 heavy (non-hydrogen) atoms. The van der Waals surface area contributed by atoms with Crippen molar-refractivity contribution in [3.05, 3.63) is 59.7 Å². The first-order chi connectivity index (χ1) is 13.8. The monoisotopic (exact) mass is 406 g/mol. The number of carbonyl (C=O) groups is 2. The van der Waals surface area contributed by atoms with E-state index in [-0.39, 0.29) is 5.56 Å². The van der Waals surface area contributed by atoms with Gasteiger partial charge in [0.15, 0.2) is 6.61 Å². The van der Waals surface area contributed by atoms with Crippen molar-refractivity contribution in [1.29, 1.82) is 0 Å². The maximum absolute atomic E-state index is 12.7. The molecule has 1 N–H and O–H groups in total. The molecule has 1 heterocycles. The van der Waals surface area contributed by atoms with Crippen molar-refractivity contribution in [2.45, 2.75) is 25.4 Å². The van der Waals surface area contributed by atoms with E-state index in [0.717, 1.165) is 43.8 Å². The molecule has 1 saturated heterocycles. The van der Waals surface area contributed by atoms with Crippen molar-refractivity contribution < 1.29 is 27.5 Å². The first-order valence-electron chi connectivity index (χ1n) is 9.32. The molecule has 154 valence electrons. The van der Waals surface area contributed by atoms with Gasteiger partial charge in [-0.25, -0.2) is 4.79 Å². The van der Waals surface area contributed by atoms with E-state index in [2.05, 4.69) is 10.2 Å². The summed E-state index contributed by atoms with van der Waals surface area (Å²) in [6.07, 6.45) is -0.997. The van der Waals surface area contributed by atoms with E-state index < -0.39 is 30.2 Å². The van der Waals surface area contributed by atoms with Crippen molar-refractivity contribution in [3.8, 4) is 0 Å². The first kappa shape index (κ1) is 20.7. The number of ether oxygens (including phenoxy) is 1. The molecule has 2 aromatic carbocycles. The molecule has 3 rings (SSSR count). The molecule has 1 aliphatic rings. The number of hydrogen-bond donors (Lipinski definition) is 1. The molecule has 0 unspecified atom stereocenters. The van der Waals surface area contributed by atoms with Crippen LogP contribution >= 0.6 is 0 Å². The predicted molar refractivity (Wildman–Crippen MR) is 103 cm³/mol. The lowest BCUT2D eigenvalue weighted by atomic mass is 10.1. The average Bonchev–Trinajstić information content (AvgIpc) is 2.73. The maximum Gasteiger partial charge on any atom is 0.416 e. The van der Waals surface area contributed by atoms with Gasteiger partial charge in [0.25, 0.3) is 5.91 Å². The van der Waals surface area contributed by atoms with Crippen LogP contribution in [0.25, 0.3) is 0 Å². The fourth-order valence-corrected chi connectivity index (χ4v) is 3.14. The highest BCUT2D eigenvalue weighted by atomic mass is 19.4. The van der Waals surface area contributed by atoms with Gasteiger partial charge in [0.2, 0.25) is 0 Å². The van der Waals surface area contributed by atoms with Gasteiger partial charge in [0.05, 0.1) is 11.1 Å². The molecule has 0 atom stereocenters. The Labute approximate surface area is 166 Å². The molecule has 8 heteroatoms. The molecule has 0 spiro atoms. The average molecular weight is 406 g/mol. The molecule has 1 fully saturated rings. The Morgan fingerprint density at radius 2 is 1.69 bits per heavy atom. The summed E-state index contributed by atoms with van der Waals surface area (Å²) in [5, 5.41) is 2.60. The molecule has 0 bridgehead atoms. The molecular formula is C21H21F3N2O3. The highest BCUT2D eigenvalue weighted by Crippen LogP contribution is 2.29. The Morgan fingerprint density at radius 1 is 1.00 bits per heavy atom. The smallest absolute Gasteiger partial charge is 0.416 e. The maximum atomic E-state index is 12.7. The molecule has 0 radical (unpaired) electrons. The normalized spacial score (nSPS) is 14.4. The third-order valence-electron chi connectivity index (χ3n) is 4.63. The van der Waals surface area contributed by atoms with Gasteiger partial charge in [0, 0.05) is 24.5 Å². The number of esters is 1. The second-order valence-electron chi connectivity index (χ2n) is 6.80. The minimum absolute atomic E-state index is 0.265. The molecule has 0 saturated carbocycles. The quantitative estimate of drug-likeness (QED) is 0.744. The van der Waals surface area contributed by atoms with Crippen LogP contribution in [0.5, 0.6) is 0 Å². The van der Waals surface area contributed by atoms with Crippen LogP contribution < -0.4 is 10.2 Å². The first-order valence-corrected chi connectivity index (χ1v) is 9.32. The largest absolute Gasteiger partial charge is 0.452 e. The highest BCUT2D eigenvalue weighted by Gasteiger charge is 2.31. The number of alkyl halides is 3. The number of benzene rings is 2. The van der Waals surface area contributed by atoms with Gasteiger partial charge in [-0.05, 0) is 61.7 Å². The lowest BCUT2D eigenvalue weighted by molar-refractivity contribution is -0.137. The van der Waals surface area contributed by atoms with Crippen molar-refractivity contribution in [3.63, 3.8) is 0 Å². The van der Waals surface area contributed by atoms with Crippen molar-refractivity contribution >= 4 is 23.3 Å². The molecule has 5 nitrogen and oxygen atoms in total. The molecule has 0 aliphatic carbocycles. The van der Waals surface area contributed by atoms with Crippen LogP contribution in [0.1, 0.15) is 35.2 Å². The SMILES string of the molecule is O=C(COC(=O)c1cccc(C(F)(F)F)c1)Nc1ccc(N2CCCCC2)cc1. The Bertz CT molecular complexity index is 860. The van der Waals surface area contributed by atoms with Crippen molar-refractivity contribution in [2.75, 3.05) is 29.9 Å². The topological polar surface area (TPSA) is 58.6 Å². The number of nitrogens with one attached hydrogen (secondary N) is 1. The second kappa shape index (κ2) is 8.98. The van der Waals surface area contributed by atoms with Crippen LogP contribution in [0.3, 0.4) is 0 Å². The van der Waals surface area contributed by atoms with E-state index in [1.54, 1.807) is 12.1 Å². The third-order valence-corrected chi connectivity index (χ3v) is 4.63. The zero-order valence-electron chi connectivity index (χ0n) is 15.7. The zero-order chi connectivity index (χ0) is 20.9. The van der Waals surface area contributed by atoms with Crippen LogP contribution in [-0.2, 0) is 15.7 Å². The molecule has 1 amide bonds. The van der Waals surface area contributed by atoms with E-state index >= 15 is 0 Å². The summed E-state index contributed by atoms with van der Waals surface area (Å²) < 4.78 is 43.0. The van der Waals surface area contributed by atoms with Gasteiger partial charge in [0.1, 0.15) is 0 Å².